The summed E-state index contributed by atoms with van der Waals surface area (Å²) in [7, 11) is 1.66. The summed E-state index contributed by atoms with van der Waals surface area (Å²) < 4.78 is 10.7. The topological polar surface area (TPSA) is 81.4 Å². The van der Waals surface area contributed by atoms with Gasteiger partial charge < -0.3 is 14.2 Å². The number of nitrogens with zero attached hydrogens (tertiary/aromatic N) is 4. The van der Waals surface area contributed by atoms with Crippen molar-refractivity contribution in [1.29, 1.82) is 0 Å². The van der Waals surface area contributed by atoms with Crippen LogP contribution in [0.5, 0.6) is 0 Å². The van der Waals surface area contributed by atoms with Crippen molar-refractivity contribution in [3.05, 3.63) is 27.8 Å². The van der Waals surface area contributed by atoms with E-state index < -0.39 is 0 Å². The maximum Gasteiger partial charge on any atom is 0.249 e. The predicted octanol–water partition coefficient (Wildman–Crippen LogP) is 2.49. The molecule has 1 aliphatic heterocycles. The molecule has 2 aromatic heterocycles. The Morgan fingerprint density at radius 2 is 2.29 bits per heavy atom. The fourth-order valence-corrected chi connectivity index (χ4v) is 3.69. The van der Waals surface area contributed by atoms with Crippen LogP contribution < -0.4 is 0 Å². The summed E-state index contributed by atoms with van der Waals surface area (Å²) in [5.74, 6) is 1.43. The van der Waals surface area contributed by atoms with Crippen molar-refractivity contribution in [2.24, 2.45) is 0 Å². The first-order valence-corrected chi connectivity index (χ1v) is 8.92. The molecule has 0 unspecified atom stereocenters. The minimum absolute atomic E-state index is 0.0102. The van der Waals surface area contributed by atoms with Gasteiger partial charge in [0.05, 0.1) is 23.2 Å². The van der Waals surface area contributed by atoms with Gasteiger partial charge in [0.25, 0.3) is 0 Å². The molecule has 7 nitrogen and oxygen atoms in total. The van der Waals surface area contributed by atoms with Crippen LogP contribution >= 0.6 is 11.3 Å². The first kappa shape index (κ1) is 17.0. The Labute approximate surface area is 145 Å². The fourth-order valence-electron chi connectivity index (χ4n) is 2.85. The summed E-state index contributed by atoms with van der Waals surface area (Å²) in [5, 5.41) is 6.85. The number of carbonyl (C=O) groups excluding carboxylic acids is 1. The lowest BCUT2D eigenvalue weighted by Gasteiger charge is -2.21. The number of carbonyl (C=O) groups is 1. The molecule has 0 bridgehead atoms. The monoisotopic (exact) mass is 350 g/mol. The second-order valence-corrected chi connectivity index (χ2v) is 7.23. The van der Waals surface area contributed by atoms with E-state index in [1.165, 1.54) is 0 Å². The molecule has 3 rings (SSSR count). The maximum atomic E-state index is 12.8. The van der Waals surface area contributed by atoms with Gasteiger partial charge in [0.1, 0.15) is 6.04 Å². The van der Waals surface area contributed by atoms with Gasteiger partial charge in [-0.3, -0.25) is 4.79 Å². The second-order valence-electron chi connectivity index (χ2n) is 6.34. The number of thiazole rings is 1. The van der Waals surface area contributed by atoms with Crippen LogP contribution in [0.15, 0.2) is 9.90 Å². The van der Waals surface area contributed by atoms with Crippen LogP contribution in [0.3, 0.4) is 0 Å². The molecule has 1 amide bonds. The molecule has 1 aliphatic rings. The van der Waals surface area contributed by atoms with Crippen molar-refractivity contribution in [2.45, 2.75) is 51.7 Å². The summed E-state index contributed by atoms with van der Waals surface area (Å²) in [4.78, 5) is 23.4. The van der Waals surface area contributed by atoms with Crippen LogP contribution in [-0.2, 0) is 16.0 Å². The van der Waals surface area contributed by atoms with Crippen LogP contribution in [0, 0.1) is 6.92 Å². The third kappa shape index (κ3) is 3.49. The van der Waals surface area contributed by atoms with E-state index in [9.17, 15) is 4.79 Å². The van der Waals surface area contributed by atoms with E-state index in [4.69, 9.17) is 9.26 Å². The minimum atomic E-state index is -0.230. The van der Waals surface area contributed by atoms with Crippen molar-refractivity contribution in [3.8, 4) is 0 Å². The fraction of sp³-hybridized carbons (Fsp3) is 0.625. The average Bonchev–Trinajstić information content (AvgIpc) is 3.25. The zero-order chi connectivity index (χ0) is 17.3. The third-order valence-electron chi connectivity index (χ3n) is 4.14. The van der Waals surface area contributed by atoms with E-state index in [1.54, 1.807) is 30.3 Å². The minimum Gasteiger partial charge on any atom is -0.380 e. The highest BCUT2D eigenvalue weighted by Gasteiger charge is 2.39. The molecule has 0 N–H and O–H groups in total. The molecule has 0 aromatic carbocycles. The molecule has 2 aromatic rings. The summed E-state index contributed by atoms with van der Waals surface area (Å²) in [6.07, 6.45) is 0.925. The number of methoxy groups -OCH3 is 1. The van der Waals surface area contributed by atoms with Gasteiger partial charge in [0.15, 0.2) is 5.82 Å². The molecule has 130 valence electrons. The zero-order valence-electron chi connectivity index (χ0n) is 14.4. The van der Waals surface area contributed by atoms with E-state index in [-0.39, 0.29) is 24.5 Å². The highest BCUT2D eigenvalue weighted by Crippen LogP contribution is 2.33. The van der Waals surface area contributed by atoms with Gasteiger partial charge in [0.2, 0.25) is 11.8 Å². The van der Waals surface area contributed by atoms with Gasteiger partial charge in [0, 0.05) is 31.4 Å². The Kier molecular flexibility index (Phi) is 4.96. The number of rotatable bonds is 5. The van der Waals surface area contributed by atoms with E-state index in [0.29, 0.717) is 30.6 Å². The highest BCUT2D eigenvalue weighted by atomic mass is 32.1. The highest BCUT2D eigenvalue weighted by molar-refractivity contribution is 7.09. The zero-order valence-corrected chi connectivity index (χ0v) is 15.2. The standard InChI is InChI=1S/C16H22N4O3S/c1-9(2)16-18-11(8-24-16)5-14(21)20-7-12(22-4)6-13(20)15-17-10(3)19-23-15/h8-9,12-13H,5-7H2,1-4H3/t12-,13+/m0/s1. The quantitative estimate of drug-likeness (QED) is 0.824. The molecule has 0 radical (unpaired) electrons. The molecule has 2 atom stereocenters. The Morgan fingerprint density at radius 1 is 1.50 bits per heavy atom. The molecule has 3 heterocycles. The molecular formula is C16H22N4O3S. The van der Waals surface area contributed by atoms with Crippen LogP contribution in [0.25, 0.3) is 0 Å². The number of hydrogen-bond acceptors (Lipinski definition) is 7. The van der Waals surface area contributed by atoms with Gasteiger partial charge in [-0.05, 0) is 6.92 Å². The Morgan fingerprint density at radius 3 is 2.88 bits per heavy atom. The molecule has 1 saturated heterocycles. The second kappa shape index (κ2) is 6.98. The van der Waals surface area contributed by atoms with Crippen molar-refractivity contribution in [3.63, 3.8) is 0 Å². The Bertz CT molecular complexity index is 712. The smallest absolute Gasteiger partial charge is 0.249 e. The van der Waals surface area contributed by atoms with Crippen LogP contribution in [-0.4, -0.2) is 45.7 Å². The van der Waals surface area contributed by atoms with Crippen molar-refractivity contribution >= 4 is 17.2 Å². The molecule has 0 saturated carbocycles. The van der Waals surface area contributed by atoms with Crippen LogP contribution in [0.1, 0.15) is 54.6 Å². The lowest BCUT2D eigenvalue weighted by atomic mass is 10.2. The van der Waals surface area contributed by atoms with Crippen molar-refractivity contribution in [1.82, 2.24) is 20.0 Å². The molecule has 1 fully saturated rings. The lowest BCUT2D eigenvalue weighted by molar-refractivity contribution is -0.132. The van der Waals surface area contributed by atoms with E-state index in [1.807, 2.05) is 5.38 Å². The third-order valence-corrected chi connectivity index (χ3v) is 5.33. The number of amides is 1. The number of ether oxygens (including phenoxy) is 1. The normalized spacial score (nSPS) is 21.0. The van der Waals surface area contributed by atoms with Gasteiger partial charge in [-0.2, -0.15) is 4.98 Å². The van der Waals surface area contributed by atoms with E-state index >= 15 is 0 Å². The Hall–Kier alpha value is -1.80. The first-order chi connectivity index (χ1) is 11.5. The van der Waals surface area contributed by atoms with Gasteiger partial charge in [-0.15, -0.1) is 11.3 Å². The van der Waals surface area contributed by atoms with Gasteiger partial charge >= 0.3 is 0 Å². The number of aryl methyl sites for hydroxylation is 1. The van der Waals surface area contributed by atoms with Crippen molar-refractivity contribution < 1.29 is 14.1 Å². The SMILES string of the molecule is CO[C@H]1C[C@H](c2nc(C)no2)N(C(=O)Cc2csc(C(C)C)n2)C1. The summed E-state index contributed by atoms with van der Waals surface area (Å²) >= 11 is 1.60. The molecule has 0 spiro atoms. The molecular weight excluding hydrogens is 328 g/mol. The van der Waals surface area contributed by atoms with Gasteiger partial charge in [-0.25, -0.2) is 4.98 Å². The van der Waals surface area contributed by atoms with E-state index in [2.05, 4.69) is 29.0 Å². The summed E-state index contributed by atoms with van der Waals surface area (Å²) in [6, 6.07) is -0.230. The lowest BCUT2D eigenvalue weighted by Crippen LogP contribution is -2.33. The number of likely N-dealkylation sites (tertiary alicyclic amines) is 1. The molecule has 0 aliphatic carbocycles. The summed E-state index contributed by atoms with van der Waals surface area (Å²) in [5.41, 5.74) is 0.815. The van der Waals surface area contributed by atoms with Crippen LogP contribution in [0.4, 0.5) is 0 Å². The van der Waals surface area contributed by atoms with Crippen molar-refractivity contribution in [2.75, 3.05) is 13.7 Å². The predicted molar refractivity (Wildman–Crippen MR) is 88.8 cm³/mol. The van der Waals surface area contributed by atoms with E-state index in [0.717, 1.165) is 10.7 Å². The number of aromatic nitrogens is 3. The van der Waals surface area contributed by atoms with Gasteiger partial charge in [-0.1, -0.05) is 19.0 Å². The maximum absolute atomic E-state index is 12.8. The number of hydrogen-bond donors (Lipinski definition) is 0. The largest absolute Gasteiger partial charge is 0.380 e. The average molecular weight is 350 g/mol. The summed E-state index contributed by atoms with van der Waals surface area (Å²) in [6.45, 7) is 6.50. The molecule has 24 heavy (non-hydrogen) atoms. The molecule has 8 heteroatoms. The van der Waals surface area contributed by atoms with Crippen LogP contribution in [0.2, 0.25) is 0 Å². The Balaban J connectivity index is 1.75. The first-order valence-electron chi connectivity index (χ1n) is 8.04.